The summed E-state index contributed by atoms with van der Waals surface area (Å²) in [5, 5.41) is 10.6. The quantitative estimate of drug-likeness (QED) is 0.581. The fourth-order valence-electron chi connectivity index (χ4n) is 6.37. The summed E-state index contributed by atoms with van der Waals surface area (Å²) >= 11 is 0. The molecule has 0 amide bonds. The molecule has 2 aliphatic carbocycles. The molecule has 0 aromatic carbocycles. The summed E-state index contributed by atoms with van der Waals surface area (Å²) in [4.78, 5) is 0. The van der Waals surface area contributed by atoms with Gasteiger partial charge >= 0.3 is 0 Å². The lowest BCUT2D eigenvalue weighted by Gasteiger charge is -2.49. The van der Waals surface area contributed by atoms with Crippen LogP contribution >= 0.6 is 0 Å². The van der Waals surface area contributed by atoms with Gasteiger partial charge in [0.15, 0.2) is 0 Å². The topological polar surface area (TPSA) is 20.2 Å². The van der Waals surface area contributed by atoms with E-state index in [-0.39, 0.29) is 11.5 Å². The van der Waals surface area contributed by atoms with Crippen LogP contribution in [0.15, 0.2) is 0 Å². The van der Waals surface area contributed by atoms with Crippen LogP contribution in [0.4, 0.5) is 0 Å². The van der Waals surface area contributed by atoms with Crippen LogP contribution in [-0.4, -0.2) is 11.2 Å². The van der Waals surface area contributed by atoms with Crippen LogP contribution in [0.5, 0.6) is 0 Å². The predicted molar refractivity (Wildman–Crippen MR) is 109 cm³/mol. The highest BCUT2D eigenvalue weighted by molar-refractivity contribution is 4.93. The van der Waals surface area contributed by atoms with Crippen molar-refractivity contribution in [3.8, 4) is 0 Å². The second-order valence-corrected chi connectivity index (χ2v) is 12.1. The molecule has 25 heavy (non-hydrogen) atoms. The zero-order valence-electron chi connectivity index (χ0n) is 18.6. The molecule has 1 N–H and O–H groups in total. The van der Waals surface area contributed by atoms with E-state index in [1.807, 2.05) is 0 Å². The molecular weight excluding hydrogens is 304 g/mol. The zero-order valence-corrected chi connectivity index (χ0v) is 18.6. The lowest BCUT2D eigenvalue weighted by Crippen LogP contribution is -2.43. The minimum atomic E-state index is -0.0997. The molecular formula is C24H46O. The molecule has 0 bridgehead atoms. The van der Waals surface area contributed by atoms with Gasteiger partial charge in [-0.3, -0.25) is 0 Å². The maximum absolute atomic E-state index is 10.6. The van der Waals surface area contributed by atoms with Crippen molar-refractivity contribution < 1.29 is 5.11 Å². The fourth-order valence-corrected chi connectivity index (χ4v) is 6.37. The molecule has 8 atom stereocenters. The third-order valence-electron chi connectivity index (χ3n) is 8.06. The van der Waals surface area contributed by atoms with E-state index in [9.17, 15) is 5.11 Å². The Morgan fingerprint density at radius 1 is 0.640 bits per heavy atom. The third kappa shape index (κ3) is 5.02. The van der Waals surface area contributed by atoms with E-state index >= 15 is 0 Å². The molecule has 0 radical (unpaired) electrons. The molecule has 2 fully saturated rings. The van der Waals surface area contributed by atoms with Gasteiger partial charge in [-0.15, -0.1) is 0 Å². The van der Waals surface area contributed by atoms with Gasteiger partial charge in [-0.25, -0.2) is 0 Å². The summed E-state index contributed by atoms with van der Waals surface area (Å²) in [6.45, 7) is 21.6. The minimum Gasteiger partial charge on any atom is -0.393 e. The van der Waals surface area contributed by atoms with Crippen LogP contribution < -0.4 is 0 Å². The van der Waals surface area contributed by atoms with E-state index in [4.69, 9.17) is 0 Å². The van der Waals surface area contributed by atoms with E-state index in [1.165, 1.54) is 25.7 Å². The van der Waals surface area contributed by atoms with Crippen LogP contribution in [0.1, 0.15) is 94.4 Å². The Kier molecular flexibility index (Phi) is 6.40. The third-order valence-corrected chi connectivity index (χ3v) is 8.06. The molecule has 0 heterocycles. The fraction of sp³-hybridized carbons (Fsp3) is 1.00. The van der Waals surface area contributed by atoms with Gasteiger partial charge in [0.1, 0.15) is 0 Å². The van der Waals surface area contributed by atoms with Gasteiger partial charge in [-0.2, -0.15) is 0 Å². The first-order chi connectivity index (χ1) is 11.3. The van der Waals surface area contributed by atoms with Crippen LogP contribution in [-0.2, 0) is 0 Å². The van der Waals surface area contributed by atoms with Crippen molar-refractivity contribution in [3.05, 3.63) is 0 Å². The highest BCUT2D eigenvalue weighted by Crippen LogP contribution is 2.51. The second kappa shape index (κ2) is 7.53. The number of rotatable bonds is 2. The van der Waals surface area contributed by atoms with Crippen molar-refractivity contribution in [2.24, 2.45) is 52.3 Å². The Balaban J connectivity index is 2.08. The molecule has 2 aliphatic rings. The molecule has 0 saturated heterocycles. The Morgan fingerprint density at radius 3 is 1.56 bits per heavy atom. The average Bonchev–Trinajstić information content (AvgIpc) is 2.41. The molecule has 148 valence electrons. The van der Waals surface area contributed by atoms with Crippen LogP contribution in [0.25, 0.3) is 0 Å². The summed E-state index contributed by atoms with van der Waals surface area (Å²) < 4.78 is 0. The summed E-state index contributed by atoms with van der Waals surface area (Å²) in [6, 6.07) is 0. The van der Waals surface area contributed by atoms with Crippen molar-refractivity contribution in [1.82, 2.24) is 0 Å². The number of hydrogen-bond donors (Lipinski definition) is 1. The highest BCUT2D eigenvalue weighted by Gasteiger charge is 2.43. The van der Waals surface area contributed by atoms with Crippen LogP contribution in [0, 0.1) is 52.3 Å². The van der Waals surface area contributed by atoms with Crippen LogP contribution in [0.2, 0.25) is 0 Å². The van der Waals surface area contributed by atoms with Crippen molar-refractivity contribution >= 4 is 0 Å². The zero-order chi connectivity index (χ0) is 19.2. The lowest BCUT2D eigenvalue weighted by molar-refractivity contribution is -0.0424. The largest absolute Gasteiger partial charge is 0.393 e. The lowest BCUT2D eigenvalue weighted by atomic mass is 9.57. The maximum Gasteiger partial charge on any atom is 0.0576 e. The van der Waals surface area contributed by atoms with Gasteiger partial charge in [-0.05, 0) is 84.4 Å². The summed E-state index contributed by atoms with van der Waals surface area (Å²) in [5.74, 6) is 5.40. The Labute approximate surface area is 158 Å². The van der Waals surface area contributed by atoms with Crippen molar-refractivity contribution in [1.29, 1.82) is 0 Å². The molecule has 8 unspecified atom stereocenters. The normalized spacial score (nSPS) is 43.9. The summed E-state index contributed by atoms with van der Waals surface area (Å²) in [7, 11) is 0. The maximum atomic E-state index is 10.6. The summed E-state index contributed by atoms with van der Waals surface area (Å²) in [6.07, 6.45) is 6.34. The molecule has 2 rings (SSSR count). The monoisotopic (exact) mass is 350 g/mol. The minimum absolute atomic E-state index is 0.0997. The van der Waals surface area contributed by atoms with Gasteiger partial charge in [0, 0.05) is 0 Å². The summed E-state index contributed by atoms with van der Waals surface area (Å²) in [5.41, 5.74) is 0.651. The predicted octanol–water partition coefficient (Wildman–Crippen LogP) is 6.79. The SMILES string of the molecule is CC1CC(C)C(C(C)(C)C)CC1CC1CC(C(C)(C)C)C(O)CC1C. The van der Waals surface area contributed by atoms with Crippen LogP contribution in [0.3, 0.4) is 0 Å². The van der Waals surface area contributed by atoms with E-state index in [0.29, 0.717) is 17.3 Å². The van der Waals surface area contributed by atoms with Gasteiger partial charge in [0.25, 0.3) is 0 Å². The standard InChI is InChI=1S/C24H46O/c1-15-10-17(3)20(23(4,5)6)13-18(15)12-19-14-21(24(7,8)9)22(25)11-16(19)2/h15-22,25H,10-14H2,1-9H3. The van der Waals surface area contributed by atoms with Crippen molar-refractivity contribution in [2.45, 2.75) is 101 Å². The van der Waals surface area contributed by atoms with Crippen molar-refractivity contribution in [2.75, 3.05) is 0 Å². The molecule has 1 nitrogen and oxygen atoms in total. The first-order valence-electron chi connectivity index (χ1n) is 11.0. The molecule has 2 saturated carbocycles. The molecule has 0 aromatic rings. The van der Waals surface area contributed by atoms with E-state index in [0.717, 1.165) is 36.0 Å². The van der Waals surface area contributed by atoms with Gasteiger partial charge < -0.3 is 5.11 Å². The van der Waals surface area contributed by atoms with Gasteiger partial charge in [0.05, 0.1) is 6.10 Å². The second-order valence-electron chi connectivity index (χ2n) is 12.1. The Hall–Kier alpha value is -0.0400. The number of aliphatic hydroxyl groups excluding tert-OH is 1. The van der Waals surface area contributed by atoms with Gasteiger partial charge in [0.2, 0.25) is 0 Å². The first kappa shape index (κ1) is 21.3. The molecule has 0 spiro atoms. The molecule has 0 aliphatic heterocycles. The van der Waals surface area contributed by atoms with E-state index < -0.39 is 0 Å². The average molecular weight is 351 g/mol. The van der Waals surface area contributed by atoms with E-state index in [1.54, 1.807) is 0 Å². The number of hydrogen-bond acceptors (Lipinski definition) is 1. The van der Waals surface area contributed by atoms with E-state index in [2.05, 4.69) is 62.3 Å². The first-order valence-corrected chi connectivity index (χ1v) is 11.0. The van der Waals surface area contributed by atoms with Gasteiger partial charge in [-0.1, -0.05) is 62.3 Å². The Bertz CT molecular complexity index is 386. The van der Waals surface area contributed by atoms with Crippen molar-refractivity contribution in [3.63, 3.8) is 0 Å². The number of aliphatic hydroxyl groups is 1. The Morgan fingerprint density at radius 2 is 1.08 bits per heavy atom. The smallest absolute Gasteiger partial charge is 0.0576 e. The molecule has 0 aromatic heterocycles. The highest BCUT2D eigenvalue weighted by atomic mass is 16.3. The molecule has 1 heteroatoms.